The maximum atomic E-state index is 11.4. The Balaban J connectivity index is 2.01. The van der Waals surface area contributed by atoms with Gasteiger partial charge in [0.25, 0.3) is 5.91 Å². The highest BCUT2D eigenvalue weighted by atomic mass is 16.1. The highest BCUT2D eigenvalue weighted by Gasteiger charge is 2.39. The van der Waals surface area contributed by atoms with Gasteiger partial charge in [-0.05, 0) is 5.56 Å². The Morgan fingerprint density at radius 2 is 1.86 bits per heavy atom. The van der Waals surface area contributed by atoms with Crippen LogP contribution in [0.5, 0.6) is 0 Å². The third-order valence-corrected chi connectivity index (χ3v) is 4.36. The Morgan fingerprint density at radius 1 is 1.14 bits per heavy atom. The summed E-state index contributed by atoms with van der Waals surface area (Å²) in [5, 5.41) is 0. The molecule has 0 bridgehead atoms. The van der Waals surface area contributed by atoms with Crippen molar-refractivity contribution < 1.29 is 14.1 Å². The number of amides is 2. The van der Waals surface area contributed by atoms with Crippen LogP contribution in [0.2, 0.25) is 0 Å². The van der Waals surface area contributed by atoms with Gasteiger partial charge < -0.3 is 16.0 Å². The number of carbonyl (C=O) groups excluding carboxylic acids is 2. The van der Waals surface area contributed by atoms with Gasteiger partial charge in [-0.3, -0.25) is 9.59 Å². The summed E-state index contributed by atoms with van der Waals surface area (Å²) >= 11 is 0. The van der Waals surface area contributed by atoms with Crippen molar-refractivity contribution in [3.05, 3.63) is 35.9 Å². The maximum Gasteiger partial charge on any atom is 0.272 e. The number of nitrogens with zero attached hydrogens (tertiary/aromatic N) is 1. The minimum absolute atomic E-state index is 0.262. The minimum atomic E-state index is -0.275. The van der Waals surface area contributed by atoms with E-state index in [-0.39, 0.29) is 17.7 Å². The Morgan fingerprint density at radius 3 is 2.48 bits per heavy atom. The molecular formula is C16H24N3O2+. The summed E-state index contributed by atoms with van der Waals surface area (Å²) in [6, 6.07) is 10.2. The van der Waals surface area contributed by atoms with Crippen LogP contribution in [0.4, 0.5) is 0 Å². The van der Waals surface area contributed by atoms with E-state index in [0.717, 1.165) is 32.5 Å². The second-order valence-corrected chi connectivity index (χ2v) is 6.16. The van der Waals surface area contributed by atoms with Crippen molar-refractivity contribution in [2.75, 3.05) is 26.2 Å². The zero-order valence-electron chi connectivity index (χ0n) is 12.3. The largest absolute Gasteiger partial charge is 0.370 e. The average molecular weight is 290 g/mol. The van der Waals surface area contributed by atoms with Gasteiger partial charge in [0.2, 0.25) is 5.91 Å². The van der Waals surface area contributed by atoms with Crippen LogP contribution in [0.3, 0.4) is 0 Å². The molecular weight excluding hydrogens is 266 g/mol. The monoisotopic (exact) mass is 290 g/mol. The topological polar surface area (TPSA) is 86.2 Å². The number of nitrogens with two attached hydrogens (primary N) is 2. The Kier molecular flexibility index (Phi) is 4.96. The van der Waals surface area contributed by atoms with Gasteiger partial charge in [-0.1, -0.05) is 30.3 Å². The van der Waals surface area contributed by atoms with E-state index in [1.807, 2.05) is 18.2 Å². The molecule has 1 heterocycles. The predicted molar refractivity (Wildman–Crippen MR) is 81.0 cm³/mol. The van der Waals surface area contributed by atoms with Gasteiger partial charge >= 0.3 is 0 Å². The van der Waals surface area contributed by atoms with Crippen LogP contribution < -0.4 is 11.5 Å². The molecule has 1 aliphatic heterocycles. The summed E-state index contributed by atoms with van der Waals surface area (Å²) in [4.78, 5) is 22.5. The number of quaternary nitrogens is 1. The van der Waals surface area contributed by atoms with Crippen LogP contribution in [-0.2, 0) is 16.0 Å². The third kappa shape index (κ3) is 4.56. The molecule has 0 aliphatic carbocycles. The van der Waals surface area contributed by atoms with Gasteiger partial charge in [-0.15, -0.1) is 0 Å². The minimum Gasteiger partial charge on any atom is -0.370 e. The molecule has 1 aromatic carbocycles. The second kappa shape index (κ2) is 6.72. The number of hydrogen-bond donors (Lipinski definition) is 2. The summed E-state index contributed by atoms with van der Waals surface area (Å²) in [6.45, 7) is 2.94. The van der Waals surface area contributed by atoms with Gasteiger partial charge in [-0.2, -0.15) is 0 Å². The maximum absolute atomic E-state index is 11.4. The van der Waals surface area contributed by atoms with Crippen LogP contribution >= 0.6 is 0 Å². The molecule has 0 spiro atoms. The van der Waals surface area contributed by atoms with Crippen LogP contribution in [0, 0.1) is 5.92 Å². The quantitative estimate of drug-likeness (QED) is 0.713. The van der Waals surface area contributed by atoms with Crippen molar-refractivity contribution in [1.29, 1.82) is 0 Å². The standard InChI is InChI=1S/C16H23N3O2/c17-15(20)10-14-7-9-19(11-14,12-16(18)21)8-6-13-4-2-1-3-5-13/h1-5,14H,6-12H2,(H3-,17,18,20,21)/p+1. The Labute approximate surface area is 125 Å². The normalized spacial score (nSPS) is 24.9. The molecule has 0 aromatic heterocycles. The fourth-order valence-electron chi connectivity index (χ4n) is 3.41. The Bertz CT molecular complexity index is 504. The number of benzene rings is 1. The van der Waals surface area contributed by atoms with E-state index in [1.54, 1.807) is 0 Å². The molecule has 0 saturated carbocycles. The van der Waals surface area contributed by atoms with E-state index >= 15 is 0 Å². The second-order valence-electron chi connectivity index (χ2n) is 6.16. The van der Waals surface area contributed by atoms with Crippen molar-refractivity contribution in [3.63, 3.8) is 0 Å². The lowest BCUT2D eigenvalue weighted by Crippen LogP contribution is -2.52. The van der Waals surface area contributed by atoms with E-state index < -0.39 is 0 Å². The Hall–Kier alpha value is -1.88. The average Bonchev–Trinajstić information content (AvgIpc) is 2.79. The smallest absolute Gasteiger partial charge is 0.272 e. The number of carbonyl (C=O) groups is 2. The predicted octanol–water partition coefficient (Wildman–Crippen LogP) is 0.426. The van der Waals surface area contributed by atoms with Gasteiger partial charge in [-0.25, -0.2) is 0 Å². The van der Waals surface area contributed by atoms with E-state index in [1.165, 1.54) is 5.56 Å². The fraction of sp³-hybridized carbons (Fsp3) is 0.500. The van der Waals surface area contributed by atoms with Gasteiger partial charge in [0, 0.05) is 25.2 Å². The lowest BCUT2D eigenvalue weighted by Gasteiger charge is -2.33. The van der Waals surface area contributed by atoms with Crippen LogP contribution in [0.15, 0.2) is 30.3 Å². The molecule has 21 heavy (non-hydrogen) atoms. The zero-order valence-corrected chi connectivity index (χ0v) is 12.3. The first-order valence-electron chi connectivity index (χ1n) is 7.45. The van der Waals surface area contributed by atoms with E-state index in [9.17, 15) is 9.59 Å². The first-order valence-corrected chi connectivity index (χ1v) is 7.45. The fourth-order valence-corrected chi connectivity index (χ4v) is 3.41. The molecule has 4 N–H and O–H groups in total. The molecule has 2 amide bonds. The lowest BCUT2D eigenvalue weighted by atomic mass is 10.0. The third-order valence-electron chi connectivity index (χ3n) is 4.36. The zero-order chi connectivity index (χ0) is 15.3. The summed E-state index contributed by atoms with van der Waals surface area (Å²) in [5.41, 5.74) is 12.0. The van der Waals surface area contributed by atoms with Gasteiger partial charge in [0.05, 0.1) is 19.6 Å². The highest BCUT2D eigenvalue weighted by Crippen LogP contribution is 2.27. The molecule has 5 nitrogen and oxygen atoms in total. The molecule has 2 unspecified atom stereocenters. The number of hydrogen-bond acceptors (Lipinski definition) is 2. The van der Waals surface area contributed by atoms with Crippen LogP contribution in [0.25, 0.3) is 0 Å². The van der Waals surface area contributed by atoms with Crippen molar-refractivity contribution >= 4 is 11.8 Å². The van der Waals surface area contributed by atoms with E-state index in [2.05, 4.69) is 12.1 Å². The summed E-state index contributed by atoms with van der Waals surface area (Å²) < 4.78 is 0.683. The number of primary amides is 2. The van der Waals surface area contributed by atoms with Gasteiger partial charge in [0.15, 0.2) is 6.54 Å². The van der Waals surface area contributed by atoms with Crippen molar-refractivity contribution in [2.45, 2.75) is 19.3 Å². The number of rotatable bonds is 7. The van der Waals surface area contributed by atoms with Crippen LogP contribution in [-0.4, -0.2) is 42.5 Å². The van der Waals surface area contributed by atoms with Gasteiger partial charge in [0.1, 0.15) is 0 Å². The molecule has 1 fully saturated rings. The molecule has 1 saturated heterocycles. The first kappa shape index (κ1) is 15.5. The van der Waals surface area contributed by atoms with Crippen molar-refractivity contribution in [3.8, 4) is 0 Å². The summed E-state index contributed by atoms with van der Waals surface area (Å²) in [5.74, 6) is -0.262. The molecule has 2 atom stereocenters. The van der Waals surface area contributed by atoms with Crippen LogP contribution in [0.1, 0.15) is 18.4 Å². The molecule has 0 radical (unpaired) electrons. The lowest BCUT2D eigenvalue weighted by molar-refractivity contribution is -0.910. The SMILES string of the molecule is NC(=O)CC1CC[N+](CCc2ccccc2)(CC(N)=O)C1. The summed E-state index contributed by atoms with van der Waals surface area (Å²) in [7, 11) is 0. The highest BCUT2D eigenvalue weighted by molar-refractivity contribution is 5.75. The molecule has 2 rings (SSSR count). The van der Waals surface area contributed by atoms with Crippen molar-refractivity contribution in [1.82, 2.24) is 0 Å². The van der Waals surface area contributed by atoms with Crippen molar-refractivity contribution in [2.24, 2.45) is 17.4 Å². The molecule has 1 aromatic rings. The number of likely N-dealkylation sites (tertiary alicyclic amines) is 1. The van der Waals surface area contributed by atoms with E-state index in [0.29, 0.717) is 17.4 Å². The summed E-state index contributed by atoms with van der Waals surface area (Å²) in [6.07, 6.45) is 2.26. The van der Waals surface area contributed by atoms with E-state index in [4.69, 9.17) is 11.5 Å². The molecule has 114 valence electrons. The molecule has 5 heteroatoms. The molecule has 1 aliphatic rings. The first-order chi connectivity index (χ1) is 9.99.